The topological polar surface area (TPSA) is 12.9 Å². The van der Waals surface area contributed by atoms with E-state index in [1.165, 1.54) is 45.2 Å². The normalized spacial score (nSPS) is 23.6. The first-order valence-corrected chi connectivity index (χ1v) is 14.1. The van der Waals surface area contributed by atoms with Gasteiger partial charge in [0.15, 0.2) is 0 Å². The Morgan fingerprint density at radius 3 is 2.64 bits per heavy atom. The van der Waals surface area contributed by atoms with Crippen LogP contribution >= 0.6 is 0 Å². The molecule has 3 unspecified atom stereocenters. The number of hydrogen-bond donors (Lipinski definition) is 0. The zero-order chi connectivity index (χ0) is 25.6. The molecule has 36 heavy (non-hydrogen) atoms. The lowest BCUT2D eigenvalue weighted by Crippen LogP contribution is -2.15. The summed E-state index contributed by atoms with van der Waals surface area (Å²) >= 11 is 0. The van der Waals surface area contributed by atoms with Crippen LogP contribution in [0.15, 0.2) is 60.7 Å². The molecule has 0 N–H and O–H groups in total. The van der Waals surface area contributed by atoms with Crippen LogP contribution in [0.2, 0.25) is 0 Å². The number of hydrogen-bond acceptors (Lipinski definition) is 1. The second kappa shape index (κ2) is 9.66. The highest BCUT2D eigenvalue weighted by Gasteiger charge is 2.38. The molecular formula is C35H43N. The summed E-state index contributed by atoms with van der Waals surface area (Å²) in [6, 6.07) is 14.3. The Hall–Kier alpha value is -2.67. The summed E-state index contributed by atoms with van der Waals surface area (Å²) in [7, 11) is 0. The molecule has 2 aliphatic carbocycles. The van der Waals surface area contributed by atoms with E-state index < -0.39 is 0 Å². The van der Waals surface area contributed by atoms with E-state index in [0.717, 1.165) is 30.5 Å². The van der Waals surface area contributed by atoms with Gasteiger partial charge < -0.3 is 0 Å². The van der Waals surface area contributed by atoms with E-state index in [4.69, 9.17) is 4.98 Å². The lowest BCUT2D eigenvalue weighted by atomic mass is 9.80. The zero-order valence-electron chi connectivity index (χ0n) is 23.4. The molecule has 0 saturated heterocycles. The van der Waals surface area contributed by atoms with E-state index in [1.807, 2.05) is 0 Å². The summed E-state index contributed by atoms with van der Waals surface area (Å²) in [6.45, 7) is 16.5. The van der Waals surface area contributed by atoms with Gasteiger partial charge in [-0.2, -0.15) is 0 Å². The highest BCUT2D eigenvalue weighted by Crippen LogP contribution is 2.50. The maximum atomic E-state index is 5.33. The Morgan fingerprint density at radius 2 is 1.86 bits per heavy atom. The lowest BCUT2D eigenvalue weighted by molar-refractivity contribution is 0.330. The second-order valence-electron chi connectivity index (χ2n) is 12.5. The summed E-state index contributed by atoms with van der Waals surface area (Å²) in [4.78, 5) is 5.33. The SMILES string of the molecule is CCC(C)Cc1cc(-c2cc(C)cc3c2[C@@H](C)C(C)(C)C3)nc2ccc(C3C=CC=CCC3C)cc12. The number of pyridine rings is 1. The third-order valence-electron chi connectivity index (χ3n) is 9.19. The van der Waals surface area contributed by atoms with Gasteiger partial charge in [-0.15, -0.1) is 0 Å². The first kappa shape index (κ1) is 25.0. The van der Waals surface area contributed by atoms with E-state index in [2.05, 4.69) is 109 Å². The lowest BCUT2D eigenvalue weighted by Gasteiger charge is -2.25. The standard InChI is InChI=1S/C35H43N/c1-8-22(2)16-27-20-33(31-18-23(3)17-28-21-35(6,7)25(5)34(28)31)36-32-15-14-26(19-30(27)32)29-13-11-9-10-12-24(29)4/h9-11,13-15,17-20,22,24-25,29H,8,12,16,21H2,1-7H3/t22?,24?,25-,29?/m1/s1. The van der Waals surface area contributed by atoms with Crippen LogP contribution in [-0.4, -0.2) is 4.98 Å². The van der Waals surface area contributed by atoms with Crippen molar-refractivity contribution in [3.63, 3.8) is 0 Å². The van der Waals surface area contributed by atoms with Crippen molar-refractivity contribution in [2.45, 2.75) is 86.0 Å². The van der Waals surface area contributed by atoms with Crippen LogP contribution in [-0.2, 0) is 12.8 Å². The Morgan fingerprint density at radius 1 is 1.06 bits per heavy atom. The number of fused-ring (bicyclic) bond motifs is 2. The molecule has 2 aromatic carbocycles. The predicted molar refractivity (Wildman–Crippen MR) is 156 cm³/mol. The van der Waals surface area contributed by atoms with Crippen molar-refractivity contribution in [3.05, 3.63) is 88.5 Å². The van der Waals surface area contributed by atoms with Gasteiger partial charge in [0.25, 0.3) is 0 Å². The smallest absolute Gasteiger partial charge is 0.0715 e. The van der Waals surface area contributed by atoms with Gasteiger partial charge in [0, 0.05) is 16.9 Å². The molecule has 0 bridgehead atoms. The van der Waals surface area contributed by atoms with E-state index in [9.17, 15) is 0 Å². The van der Waals surface area contributed by atoms with Gasteiger partial charge in [-0.25, -0.2) is 4.98 Å². The van der Waals surface area contributed by atoms with E-state index in [-0.39, 0.29) is 5.41 Å². The van der Waals surface area contributed by atoms with Crippen molar-refractivity contribution in [3.8, 4) is 11.3 Å². The number of allylic oxidation sites excluding steroid dienone is 4. The van der Waals surface area contributed by atoms with Crippen LogP contribution in [0.5, 0.6) is 0 Å². The molecule has 1 heteroatoms. The van der Waals surface area contributed by atoms with Crippen molar-refractivity contribution in [1.29, 1.82) is 0 Å². The first-order chi connectivity index (χ1) is 17.2. The predicted octanol–water partition coefficient (Wildman–Crippen LogP) is 9.72. The van der Waals surface area contributed by atoms with Gasteiger partial charge in [0.1, 0.15) is 0 Å². The van der Waals surface area contributed by atoms with Gasteiger partial charge in [-0.3, -0.25) is 0 Å². The largest absolute Gasteiger partial charge is 0.248 e. The summed E-state index contributed by atoms with van der Waals surface area (Å²) in [5, 5.41) is 1.34. The molecule has 3 aromatic rings. The minimum atomic E-state index is 0.286. The van der Waals surface area contributed by atoms with Crippen molar-refractivity contribution in [2.75, 3.05) is 0 Å². The van der Waals surface area contributed by atoms with Crippen LogP contribution in [0.3, 0.4) is 0 Å². The molecule has 2 aliphatic rings. The third kappa shape index (κ3) is 4.58. The van der Waals surface area contributed by atoms with E-state index in [1.54, 1.807) is 0 Å². The summed E-state index contributed by atoms with van der Waals surface area (Å²) in [6.07, 6.45) is 13.7. The summed E-state index contributed by atoms with van der Waals surface area (Å²) in [5.41, 5.74) is 11.2. The molecule has 0 aliphatic heterocycles. The molecule has 1 nitrogen and oxygen atoms in total. The number of aromatic nitrogens is 1. The van der Waals surface area contributed by atoms with Crippen molar-refractivity contribution in [1.82, 2.24) is 4.98 Å². The molecule has 0 radical (unpaired) electrons. The highest BCUT2D eigenvalue weighted by molar-refractivity contribution is 5.87. The quantitative estimate of drug-likeness (QED) is 0.356. The van der Waals surface area contributed by atoms with Gasteiger partial charge in [0.05, 0.1) is 11.2 Å². The summed E-state index contributed by atoms with van der Waals surface area (Å²) in [5.74, 6) is 2.22. The van der Waals surface area contributed by atoms with Crippen molar-refractivity contribution >= 4 is 10.9 Å². The minimum Gasteiger partial charge on any atom is -0.248 e. The average molecular weight is 478 g/mol. The molecule has 0 amide bonds. The van der Waals surface area contributed by atoms with Gasteiger partial charge in [-0.05, 0) is 95.9 Å². The van der Waals surface area contributed by atoms with Gasteiger partial charge in [0.2, 0.25) is 0 Å². The van der Waals surface area contributed by atoms with Crippen LogP contribution in [0.1, 0.15) is 94.0 Å². The van der Waals surface area contributed by atoms with Crippen LogP contribution in [0.4, 0.5) is 0 Å². The molecule has 1 aromatic heterocycles. The molecule has 0 fully saturated rings. The molecule has 0 spiro atoms. The summed E-state index contributed by atoms with van der Waals surface area (Å²) < 4.78 is 0. The van der Waals surface area contributed by atoms with Crippen LogP contribution < -0.4 is 0 Å². The minimum absolute atomic E-state index is 0.286. The fraction of sp³-hybridized carbons (Fsp3) is 0.457. The maximum Gasteiger partial charge on any atom is 0.0715 e. The third-order valence-corrected chi connectivity index (χ3v) is 9.19. The number of aryl methyl sites for hydroxylation is 1. The van der Waals surface area contributed by atoms with Crippen molar-refractivity contribution in [2.24, 2.45) is 17.3 Å². The van der Waals surface area contributed by atoms with Crippen LogP contribution in [0.25, 0.3) is 22.2 Å². The van der Waals surface area contributed by atoms with Gasteiger partial charge >= 0.3 is 0 Å². The maximum absolute atomic E-state index is 5.33. The molecule has 188 valence electrons. The van der Waals surface area contributed by atoms with E-state index in [0.29, 0.717) is 23.7 Å². The molecular weight excluding hydrogens is 434 g/mol. The Balaban J connectivity index is 1.68. The first-order valence-electron chi connectivity index (χ1n) is 14.1. The van der Waals surface area contributed by atoms with Gasteiger partial charge in [-0.1, -0.05) is 90.0 Å². The molecule has 4 atom stereocenters. The second-order valence-corrected chi connectivity index (χ2v) is 12.5. The molecule has 1 heterocycles. The van der Waals surface area contributed by atoms with Crippen LogP contribution in [0, 0.1) is 24.2 Å². The Labute approximate surface area is 218 Å². The Kier molecular flexibility index (Phi) is 6.70. The highest BCUT2D eigenvalue weighted by atomic mass is 14.7. The fourth-order valence-corrected chi connectivity index (χ4v) is 6.46. The fourth-order valence-electron chi connectivity index (χ4n) is 6.46. The molecule has 0 saturated carbocycles. The number of benzene rings is 2. The zero-order valence-corrected chi connectivity index (χ0v) is 23.4. The number of nitrogens with zero attached hydrogens (tertiary/aromatic N) is 1. The van der Waals surface area contributed by atoms with Crippen molar-refractivity contribution < 1.29 is 0 Å². The monoisotopic (exact) mass is 477 g/mol. The molecule has 5 rings (SSSR count). The average Bonchev–Trinajstić information content (AvgIpc) is 2.96. The van der Waals surface area contributed by atoms with E-state index >= 15 is 0 Å². The Bertz CT molecular complexity index is 1340. The number of rotatable bonds is 5.